The Hall–Kier alpha value is -3.11. The van der Waals surface area contributed by atoms with Crippen molar-refractivity contribution in [2.24, 2.45) is 0 Å². The number of carbonyl (C=O) groups excluding carboxylic acids is 2. The summed E-state index contributed by atoms with van der Waals surface area (Å²) in [7, 11) is 0. The molecule has 0 radical (unpaired) electrons. The summed E-state index contributed by atoms with van der Waals surface area (Å²) in [6, 6.07) is 21.8. The van der Waals surface area contributed by atoms with Crippen LogP contribution in [0.1, 0.15) is 17.2 Å². The number of nitrogens with two attached hydrogens (primary N) is 1. The van der Waals surface area contributed by atoms with E-state index in [0.29, 0.717) is 17.9 Å². The van der Waals surface area contributed by atoms with E-state index in [0.717, 1.165) is 52.4 Å². The van der Waals surface area contributed by atoms with Gasteiger partial charge in [-0.3, -0.25) is 9.59 Å². The molecular formula is C29H32BrN5O2S. The second kappa shape index (κ2) is 14.2. The fraction of sp³-hybridized carbons (Fsp3) is 0.241. The summed E-state index contributed by atoms with van der Waals surface area (Å²) in [5.41, 5.74) is 9.42. The van der Waals surface area contributed by atoms with Crippen LogP contribution in [0.2, 0.25) is 0 Å². The molecule has 3 aromatic rings. The first-order valence-electron chi connectivity index (χ1n) is 12.5. The third-order valence-corrected chi connectivity index (χ3v) is 7.64. The van der Waals surface area contributed by atoms with Crippen LogP contribution in [0.15, 0.2) is 83.3 Å². The Labute approximate surface area is 236 Å². The van der Waals surface area contributed by atoms with Crippen LogP contribution in [0.3, 0.4) is 0 Å². The van der Waals surface area contributed by atoms with E-state index in [2.05, 4.69) is 36.8 Å². The summed E-state index contributed by atoms with van der Waals surface area (Å²) in [4.78, 5) is 28.0. The number of hydrogen-bond donors (Lipinski definition) is 4. The smallest absolute Gasteiger partial charge is 0.248 e. The lowest BCUT2D eigenvalue weighted by Gasteiger charge is -2.27. The molecule has 1 aliphatic rings. The van der Waals surface area contributed by atoms with Gasteiger partial charge in [-0.05, 0) is 53.6 Å². The first kappa shape index (κ1) is 27.9. The largest absolute Gasteiger partial charge is 0.397 e. The first-order valence-corrected chi connectivity index (χ1v) is 14.5. The van der Waals surface area contributed by atoms with Crippen molar-refractivity contribution in [3.05, 3.63) is 94.5 Å². The van der Waals surface area contributed by atoms with Crippen LogP contribution in [0.5, 0.6) is 0 Å². The van der Waals surface area contributed by atoms with E-state index >= 15 is 0 Å². The van der Waals surface area contributed by atoms with Crippen LogP contribution in [0.25, 0.3) is 6.08 Å². The average Bonchev–Trinajstić information content (AvgIpc) is 2.93. The molecule has 0 saturated carbocycles. The molecule has 198 valence electrons. The van der Waals surface area contributed by atoms with E-state index in [-0.39, 0.29) is 11.8 Å². The Morgan fingerprint density at radius 1 is 0.974 bits per heavy atom. The standard InChI is InChI=1S/C29H32BrN5O2S/c30-23-10-12-24(13-11-23)33-29(37)28(32-15-16-35-17-19-38-20-18-35)22-8-5-21(6-9-22)7-14-27(36)34-26-4-2-1-3-25(26)31/h1-14,28,32H,15-20,31H2,(H,33,37)(H,34,36)/b14-7+. The third kappa shape index (κ3) is 8.46. The van der Waals surface area contributed by atoms with E-state index in [4.69, 9.17) is 5.73 Å². The Kier molecular flexibility index (Phi) is 10.4. The number of nitrogen functional groups attached to an aromatic ring is 1. The van der Waals surface area contributed by atoms with E-state index in [1.54, 1.807) is 18.2 Å². The van der Waals surface area contributed by atoms with Crippen molar-refractivity contribution in [2.75, 3.05) is 54.1 Å². The second-order valence-electron chi connectivity index (χ2n) is 8.91. The van der Waals surface area contributed by atoms with Gasteiger partial charge in [-0.25, -0.2) is 0 Å². The number of benzene rings is 3. The van der Waals surface area contributed by atoms with E-state index in [1.165, 1.54) is 6.08 Å². The number of nitrogens with one attached hydrogen (secondary N) is 3. The highest BCUT2D eigenvalue weighted by molar-refractivity contribution is 9.10. The number of anilines is 3. The minimum Gasteiger partial charge on any atom is -0.397 e. The molecule has 4 rings (SSSR count). The lowest BCUT2D eigenvalue weighted by Crippen LogP contribution is -2.41. The van der Waals surface area contributed by atoms with Crippen LogP contribution >= 0.6 is 27.7 Å². The van der Waals surface area contributed by atoms with Crippen LogP contribution in [-0.4, -0.2) is 54.4 Å². The number of nitrogens with zero attached hydrogens (tertiary/aromatic N) is 1. The first-order chi connectivity index (χ1) is 18.5. The van der Waals surface area contributed by atoms with E-state index < -0.39 is 6.04 Å². The van der Waals surface area contributed by atoms with Crippen molar-refractivity contribution in [3.8, 4) is 0 Å². The van der Waals surface area contributed by atoms with Crippen molar-refractivity contribution < 1.29 is 9.59 Å². The second-order valence-corrected chi connectivity index (χ2v) is 11.1. The Morgan fingerprint density at radius 2 is 1.68 bits per heavy atom. The summed E-state index contributed by atoms with van der Waals surface area (Å²) in [6.45, 7) is 3.75. The zero-order valence-corrected chi connectivity index (χ0v) is 23.4. The summed E-state index contributed by atoms with van der Waals surface area (Å²) >= 11 is 5.41. The highest BCUT2D eigenvalue weighted by Crippen LogP contribution is 2.20. The molecule has 1 fully saturated rings. The normalized spacial score (nSPS) is 14.8. The Morgan fingerprint density at radius 3 is 2.39 bits per heavy atom. The molecule has 0 spiro atoms. The van der Waals surface area contributed by atoms with Gasteiger partial charge in [-0.2, -0.15) is 11.8 Å². The minimum atomic E-state index is -0.514. The van der Waals surface area contributed by atoms with Crippen LogP contribution in [0.4, 0.5) is 17.1 Å². The summed E-state index contributed by atoms with van der Waals surface area (Å²) < 4.78 is 0.953. The van der Waals surface area contributed by atoms with Crippen LogP contribution in [0, 0.1) is 0 Å². The van der Waals surface area contributed by atoms with Crippen molar-refractivity contribution in [1.29, 1.82) is 0 Å². The van der Waals surface area contributed by atoms with Gasteiger partial charge in [0.15, 0.2) is 0 Å². The number of amides is 2. The highest BCUT2D eigenvalue weighted by atomic mass is 79.9. The number of para-hydroxylation sites is 2. The number of hydrogen-bond acceptors (Lipinski definition) is 6. The molecule has 7 nitrogen and oxygen atoms in total. The number of thioether (sulfide) groups is 1. The number of carbonyl (C=O) groups is 2. The summed E-state index contributed by atoms with van der Waals surface area (Å²) in [5.74, 6) is 1.92. The molecule has 0 aliphatic carbocycles. The van der Waals surface area contributed by atoms with Gasteiger partial charge >= 0.3 is 0 Å². The van der Waals surface area contributed by atoms with Gasteiger partial charge in [0.1, 0.15) is 6.04 Å². The highest BCUT2D eigenvalue weighted by Gasteiger charge is 2.21. The molecule has 9 heteroatoms. The predicted octanol–water partition coefficient (Wildman–Crippen LogP) is 5.00. The third-order valence-electron chi connectivity index (χ3n) is 6.17. The van der Waals surface area contributed by atoms with Crippen LogP contribution < -0.4 is 21.7 Å². The van der Waals surface area contributed by atoms with Gasteiger partial charge in [0, 0.05) is 53.9 Å². The number of rotatable bonds is 10. The van der Waals surface area contributed by atoms with Crippen molar-refractivity contribution in [3.63, 3.8) is 0 Å². The maximum atomic E-state index is 13.3. The predicted molar refractivity (Wildman–Crippen MR) is 162 cm³/mol. The maximum absolute atomic E-state index is 13.3. The molecule has 1 atom stereocenters. The zero-order valence-electron chi connectivity index (χ0n) is 21.0. The minimum absolute atomic E-state index is 0.121. The molecular weight excluding hydrogens is 562 g/mol. The van der Waals surface area contributed by atoms with Crippen molar-refractivity contribution in [1.82, 2.24) is 10.2 Å². The maximum Gasteiger partial charge on any atom is 0.248 e. The molecule has 1 heterocycles. The van der Waals surface area contributed by atoms with Gasteiger partial charge < -0.3 is 26.6 Å². The van der Waals surface area contributed by atoms with Gasteiger partial charge in [-0.15, -0.1) is 0 Å². The fourth-order valence-corrected chi connectivity index (χ4v) is 5.30. The summed E-state index contributed by atoms with van der Waals surface area (Å²) in [5, 5.41) is 9.26. The quantitative estimate of drug-likeness (QED) is 0.195. The molecule has 0 aromatic heterocycles. The summed E-state index contributed by atoms with van der Waals surface area (Å²) in [6.07, 6.45) is 3.20. The molecule has 1 unspecified atom stereocenters. The molecule has 2 amide bonds. The zero-order chi connectivity index (χ0) is 26.7. The van der Waals surface area contributed by atoms with E-state index in [1.807, 2.05) is 72.4 Å². The van der Waals surface area contributed by atoms with Gasteiger partial charge in [0.05, 0.1) is 11.4 Å². The molecule has 1 saturated heterocycles. The van der Waals surface area contributed by atoms with E-state index in [9.17, 15) is 9.59 Å². The van der Waals surface area contributed by atoms with Crippen molar-refractivity contribution in [2.45, 2.75) is 6.04 Å². The van der Waals surface area contributed by atoms with Crippen LogP contribution in [-0.2, 0) is 9.59 Å². The lowest BCUT2D eigenvalue weighted by atomic mass is 10.0. The molecule has 3 aromatic carbocycles. The lowest BCUT2D eigenvalue weighted by molar-refractivity contribution is -0.118. The molecule has 0 bridgehead atoms. The van der Waals surface area contributed by atoms with Gasteiger partial charge in [-0.1, -0.05) is 52.3 Å². The SMILES string of the molecule is Nc1ccccc1NC(=O)/C=C/c1ccc(C(NCCN2CCSCC2)C(=O)Nc2ccc(Br)cc2)cc1. The van der Waals surface area contributed by atoms with Gasteiger partial charge in [0.2, 0.25) is 11.8 Å². The Bertz CT molecular complexity index is 1240. The average molecular weight is 595 g/mol. The van der Waals surface area contributed by atoms with Gasteiger partial charge in [0.25, 0.3) is 0 Å². The monoisotopic (exact) mass is 593 g/mol. The molecule has 5 N–H and O–H groups in total. The Balaban J connectivity index is 1.41. The topological polar surface area (TPSA) is 99.5 Å². The number of halogens is 1. The molecule has 38 heavy (non-hydrogen) atoms. The van der Waals surface area contributed by atoms with Crippen molar-refractivity contribution >= 4 is 62.6 Å². The fourth-order valence-electron chi connectivity index (χ4n) is 4.06. The molecule has 1 aliphatic heterocycles.